The fourth-order valence-corrected chi connectivity index (χ4v) is 2.91. The molecule has 1 heterocycles. The first kappa shape index (κ1) is 21.1. The highest BCUT2D eigenvalue weighted by atomic mass is 32.2. The normalized spacial score (nSPS) is 11.5. The number of guanidine groups is 1. The summed E-state index contributed by atoms with van der Waals surface area (Å²) >= 11 is 1.88. The molecule has 0 aliphatic carbocycles. The van der Waals surface area contributed by atoms with E-state index in [2.05, 4.69) is 27.1 Å². The predicted molar refractivity (Wildman–Crippen MR) is 112 cm³/mol. The van der Waals surface area contributed by atoms with Crippen molar-refractivity contribution in [3.05, 3.63) is 41.5 Å². The number of aliphatic imine (C=N–C) groups is 1. The molecule has 1 aromatic carbocycles. The van der Waals surface area contributed by atoms with E-state index in [0.29, 0.717) is 13.1 Å². The number of benzene rings is 1. The van der Waals surface area contributed by atoms with Crippen molar-refractivity contribution >= 4 is 17.7 Å². The fraction of sp³-hybridized carbons (Fsp3) is 0.526. The molecule has 27 heavy (non-hydrogen) atoms. The summed E-state index contributed by atoms with van der Waals surface area (Å²) in [5, 5.41) is 15.1. The smallest absolute Gasteiger partial charge is 0.191 e. The van der Waals surface area contributed by atoms with Crippen molar-refractivity contribution < 1.29 is 4.74 Å². The van der Waals surface area contributed by atoms with Gasteiger partial charge in [0, 0.05) is 13.6 Å². The van der Waals surface area contributed by atoms with E-state index in [-0.39, 0.29) is 0 Å². The molecule has 0 saturated heterocycles. The molecule has 8 heteroatoms. The van der Waals surface area contributed by atoms with Crippen LogP contribution in [0.5, 0.6) is 5.75 Å². The number of thioether (sulfide) groups is 1. The molecule has 0 aliphatic rings. The van der Waals surface area contributed by atoms with Gasteiger partial charge in [-0.15, -0.1) is 10.2 Å². The van der Waals surface area contributed by atoms with Crippen LogP contribution >= 0.6 is 11.8 Å². The molecule has 1 aromatic heterocycles. The van der Waals surface area contributed by atoms with Gasteiger partial charge in [-0.2, -0.15) is 11.8 Å². The molecule has 0 amide bonds. The van der Waals surface area contributed by atoms with Crippen molar-refractivity contribution in [1.29, 1.82) is 0 Å². The van der Waals surface area contributed by atoms with Gasteiger partial charge >= 0.3 is 0 Å². The van der Waals surface area contributed by atoms with Crippen LogP contribution in [0.4, 0.5) is 0 Å². The topological polar surface area (TPSA) is 76.4 Å². The second-order valence-electron chi connectivity index (χ2n) is 6.22. The SMILES string of the molecule is COc1ccc(CN=C(NCCCCSC)NCc2nnc(C)n2C)cc1. The number of nitrogens with one attached hydrogen (secondary N) is 2. The molecule has 7 nitrogen and oxygen atoms in total. The first-order valence-corrected chi connectivity index (χ1v) is 10.5. The summed E-state index contributed by atoms with van der Waals surface area (Å²) in [7, 11) is 3.64. The molecule has 0 unspecified atom stereocenters. The molecule has 0 bridgehead atoms. The third-order valence-corrected chi connectivity index (χ3v) is 4.94. The lowest BCUT2D eigenvalue weighted by atomic mass is 10.2. The first-order valence-electron chi connectivity index (χ1n) is 9.13. The van der Waals surface area contributed by atoms with Crippen molar-refractivity contribution in [3.8, 4) is 5.75 Å². The lowest BCUT2D eigenvalue weighted by Crippen LogP contribution is -2.38. The summed E-state index contributed by atoms with van der Waals surface area (Å²) < 4.78 is 7.18. The highest BCUT2D eigenvalue weighted by Gasteiger charge is 2.06. The van der Waals surface area contributed by atoms with Gasteiger partial charge in [0.05, 0.1) is 20.2 Å². The van der Waals surface area contributed by atoms with E-state index < -0.39 is 0 Å². The molecular formula is C19H30N6OS. The number of nitrogens with zero attached hydrogens (tertiary/aromatic N) is 4. The Labute approximate surface area is 166 Å². The van der Waals surface area contributed by atoms with E-state index in [9.17, 15) is 0 Å². The highest BCUT2D eigenvalue weighted by Crippen LogP contribution is 2.11. The number of rotatable bonds is 10. The van der Waals surface area contributed by atoms with Crippen LogP contribution in [-0.4, -0.2) is 46.4 Å². The fourth-order valence-electron chi connectivity index (χ4n) is 2.42. The van der Waals surface area contributed by atoms with Crippen molar-refractivity contribution in [2.75, 3.05) is 25.7 Å². The van der Waals surface area contributed by atoms with Gasteiger partial charge in [0.15, 0.2) is 11.8 Å². The molecule has 0 fully saturated rings. The van der Waals surface area contributed by atoms with Crippen molar-refractivity contribution in [3.63, 3.8) is 0 Å². The maximum absolute atomic E-state index is 5.20. The van der Waals surface area contributed by atoms with Gasteiger partial charge in [0.1, 0.15) is 11.6 Å². The quantitative estimate of drug-likeness (QED) is 0.369. The second kappa shape index (κ2) is 11.5. The number of hydrogen-bond donors (Lipinski definition) is 2. The maximum Gasteiger partial charge on any atom is 0.191 e. The Bertz CT molecular complexity index is 713. The van der Waals surface area contributed by atoms with Gasteiger partial charge < -0.3 is 19.9 Å². The Kier molecular flexibility index (Phi) is 8.97. The molecule has 2 aromatic rings. The zero-order chi connectivity index (χ0) is 19.5. The molecule has 148 valence electrons. The number of hydrogen-bond acceptors (Lipinski definition) is 5. The zero-order valence-electron chi connectivity index (χ0n) is 16.7. The van der Waals surface area contributed by atoms with Crippen LogP contribution in [0.15, 0.2) is 29.3 Å². The van der Waals surface area contributed by atoms with E-state index in [4.69, 9.17) is 9.73 Å². The summed E-state index contributed by atoms with van der Waals surface area (Å²) in [5.74, 6) is 4.61. The summed E-state index contributed by atoms with van der Waals surface area (Å²) in [5.41, 5.74) is 1.13. The lowest BCUT2D eigenvalue weighted by Gasteiger charge is -2.12. The Morgan fingerprint density at radius 3 is 2.59 bits per heavy atom. The standard InChI is InChI=1S/C19H30N6OS/c1-15-23-24-18(25(15)2)14-22-19(20-11-5-6-12-27-4)21-13-16-7-9-17(26-3)10-8-16/h7-10H,5-6,11-14H2,1-4H3,(H2,20,21,22). The van der Waals surface area contributed by atoms with Crippen molar-refractivity contribution in [2.45, 2.75) is 32.9 Å². The molecule has 0 atom stereocenters. The van der Waals surface area contributed by atoms with Gasteiger partial charge in [0.2, 0.25) is 0 Å². The number of unbranched alkanes of at least 4 members (excludes halogenated alkanes) is 1. The van der Waals surface area contributed by atoms with Gasteiger partial charge in [-0.25, -0.2) is 4.99 Å². The van der Waals surface area contributed by atoms with Crippen LogP contribution in [0.1, 0.15) is 30.1 Å². The summed E-state index contributed by atoms with van der Waals surface area (Å²) in [6, 6.07) is 7.97. The molecular weight excluding hydrogens is 360 g/mol. The summed E-state index contributed by atoms with van der Waals surface area (Å²) in [4.78, 5) is 4.71. The Morgan fingerprint density at radius 1 is 1.19 bits per heavy atom. The number of aromatic nitrogens is 3. The number of aryl methyl sites for hydroxylation is 1. The summed E-state index contributed by atoms with van der Waals surface area (Å²) in [6.45, 7) is 4.02. The van der Waals surface area contributed by atoms with E-state index in [1.165, 1.54) is 12.2 Å². The highest BCUT2D eigenvalue weighted by molar-refractivity contribution is 7.98. The molecule has 2 N–H and O–H groups in total. The van der Waals surface area contributed by atoms with E-state index >= 15 is 0 Å². The van der Waals surface area contributed by atoms with Crippen LogP contribution in [0.3, 0.4) is 0 Å². The third-order valence-electron chi connectivity index (χ3n) is 4.24. The predicted octanol–water partition coefficient (Wildman–Crippen LogP) is 2.51. The minimum atomic E-state index is 0.580. The minimum Gasteiger partial charge on any atom is -0.497 e. The third kappa shape index (κ3) is 7.13. The number of methoxy groups -OCH3 is 1. The summed E-state index contributed by atoms with van der Waals surface area (Å²) in [6.07, 6.45) is 4.45. The van der Waals surface area contributed by atoms with E-state index in [1.807, 2.05) is 54.6 Å². The van der Waals surface area contributed by atoms with Crippen LogP contribution < -0.4 is 15.4 Å². The zero-order valence-corrected chi connectivity index (χ0v) is 17.5. The van der Waals surface area contributed by atoms with E-state index in [0.717, 1.165) is 41.9 Å². The average molecular weight is 391 g/mol. The van der Waals surface area contributed by atoms with Crippen LogP contribution in [-0.2, 0) is 20.1 Å². The monoisotopic (exact) mass is 390 g/mol. The molecule has 0 aliphatic heterocycles. The average Bonchev–Trinajstić information content (AvgIpc) is 3.01. The Balaban J connectivity index is 1.95. The first-order chi connectivity index (χ1) is 13.1. The molecule has 0 radical (unpaired) electrons. The molecule has 0 saturated carbocycles. The maximum atomic E-state index is 5.20. The van der Waals surface area contributed by atoms with E-state index in [1.54, 1.807) is 7.11 Å². The molecule has 0 spiro atoms. The van der Waals surface area contributed by atoms with Crippen LogP contribution in [0.25, 0.3) is 0 Å². The largest absolute Gasteiger partial charge is 0.497 e. The van der Waals surface area contributed by atoms with Gasteiger partial charge in [0.25, 0.3) is 0 Å². The van der Waals surface area contributed by atoms with Gasteiger partial charge in [-0.05, 0) is 49.5 Å². The lowest BCUT2D eigenvalue weighted by molar-refractivity contribution is 0.414. The van der Waals surface area contributed by atoms with Gasteiger partial charge in [-0.1, -0.05) is 12.1 Å². The van der Waals surface area contributed by atoms with Gasteiger partial charge in [-0.3, -0.25) is 0 Å². The molecule has 2 rings (SSSR count). The Hall–Kier alpha value is -2.22. The van der Waals surface area contributed by atoms with Crippen LogP contribution in [0.2, 0.25) is 0 Å². The Morgan fingerprint density at radius 2 is 1.96 bits per heavy atom. The second-order valence-corrected chi connectivity index (χ2v) is 7.20. The van der Waals surface area contributed by atoms with Crippen LogP contribution in [0, 0.1) is 6.92 Å². The number of ether oxygens (including phenoxy) is 1. The van der Waals surface area contributed by atoms with Crippen molar-refractivity contribution in [2.24, 2.45) is 12.0 Å². The van der Waals surface area contributed by atoms with Crippen molar-refractivity contribution in [1.82, 2.24) is 25.4 Å². The minimum absolute atomic E-state index is 0.580.